The maximum Gasteiger partial charge on any atom is 0.0642 e. The molecule has 0 radical (unpaired) electrons. The molecule has 0 unspecified atom stereocenters. The zero-order valence-electron chi connectivity index (χ0n) is 7.24. The van der Waals surface area contributed by atoms with Crippen LogP contribution in [0.15, 0.2) is 34.3 Å². The second-order valence-electron chi connectivity index (χ2n) is 2.73. The molecule has 2 N–H and O–H groups in total. The minimum atomic E-state index is 0.736. The van der Waals surface area contributed by atoms with E-state index in [-0.39, 0.29) is 0 Å². The number of anilines is 1. The quantitative estimate of drug-likeness (QED) is 0.711. The minimum absolute atomic E-state index is 0.736. The van der Waals surface area contributed by atoms with E-state index in [1.54, 1.807) is 24.2 Å². The molecule has 0 bridgehead atoms. The molecule has 0 aliphatic rings. The number of nitrogens with zero attached hydrogens (tertiary/aromatic N) is 1. The van der Waals surface area contributed by atoms with Crippen molar-refractivity contribution in [1.29, 1.82) is 0 Å². The molecule has 1 aromatic rings. The molecule has 1 heterocycles. The molecule has 0 saturated carbocycles. The number of nitrogens with two attached hydrogens (primary N) is 1. The zero-order chi connectivity index (χ0) is 8.97. The van der Waals surface area contributed by atoms with E-state index >= 15 is 0 Å². The van der Waals surface area contributed by atoms with Crippen molar-refractivity contribution in [1.82, 2.24) is 4.98 Å². The van der Waals surface area contributed by atoms with Crippen LogP contribution in [0.1, 0.15) is 13.8 Å². The van der Waals surface area contributed by atoms with Crippen LogP contribution in [0.3, 0.4) is 0 Å². The standard InChI is InChI=1S/C9H12N2S/c1-7(2)6-12-9-3-4-11-5-8(9)10/h3-6H,10H2,1-2H3. The van der Waals surface area contributed by atoms with Gasteiger partial charge in [0.2, 0.25) is 0 Å². The third-order valence-corrected chi connectivity index (χ3v) is 2.45. The Morgan fingerprint density at radius 1 is 1.58 bits per heavy atom. The number of rotatable bonds is 2. The van der Waals surface area contributed by atoms with E-state index in [4.69, 9.17) is 5.73 Å². The number of allylic oxidation sites excluding steroid dienone is 1. The van der Waals surface area contributed by atoms with Gasteiger partial charge < -0.3 is 5.73 Å². The molecule has 12 heavy (non-hydrogen) atoms. The van der Waals surface area contributed by atoms with E-state index in [1.807, 2.05) is 6.07 Å². The Kier molecular flexibility index (Phi) is 3.17. The van der Waals surface area contributed by atoms with E-state index < -0.39 is 0 Å². The first-order valence-electron chi connectivity index (χ1n) is 3.69. The smallest absolute Gasteiger partial charge is 0.0642 e. The zero-order valence-corrected chi connectivity index (χ0v) is 8.06. The number of nitrogen functional groups attached to an aromatic ring is 1. The van der Waals surface area contributed by atoms with Crippen LogP contribution in [0.4, 0.5) is 5.69 Å². The van der Waals surface area contributed by atoms with E-state index in [9.17, 15) is 0 Å². The van der Waals surface area contributed by atoms with Crippen LogP contribution in [0.5, 0.6) is 0 Å². The van der Waals surface area contributed by atoms with E-state index in [2.05, 4.69) is 24.2 Å². The fraction of sp³-hybridized carbons (Fsp3) is 0.222. The van der Waals surface area contributed by atoms with Gasteiger partial charge in [-0.3, -0.25) is 4.98 Å². The molecule has 0 fully saturated rings. The lowest BCUT2D eigenvalue weighted by molar-refractivity contribution is 1.27. The summed E-state index contributed by atoms with van der Waals surface area (Å²) in [7, 11) is 0. The summed E-state index contributed by atoms with van der Waals surface area (Å²) in [4.78, 5) is 4.97. The highest BCUT2D eigenvalue weighted by molar-refractivity contribution is 8.02. The highest BCUT2D eigenvalue weighted by atomic mass is 32.2. The molecule has 1 aromatic heterocycles. The van der Waals surface area contributed by atoms with Crippen molar-refractivity contribution >= 4 is 17.4 Å². The summed E-state index contributed by atoms with van der Waals surface area (Å²) in [5.74, 6) is 0. The lowest BCUT2D eigenvalue weighted by Crippen LogP contribution is -1.87. The first kappa shape index (κ1) is 9.13. The molecule has 0 aliphatic carbocycles. The Bertz CT molecular complexity index is 290. The third-order valence-electron chi connectivity index (χ3n) is 1.23. The van der Waals surface area contributed by atoms with Crippen LogP contribution in [0.25, 0.3) is 0 Å². The monoisotopic (exact) mass is 180 g/mol. The Balaban J connectivity index is 2.76. The molecule has 64 valence electrons. The molecule has 3 heteroatoms. The third kappa shape index (κ3) is 2.58. The SMILES string of the molecule is CC(C)=CSc1ccncc1N. The van der Waals surface area contributed by atoms with Gasteiger partial charge >= 0.3 is 0 Å². The van der Waals surface area contributed by atoms with Gasteiger partial charge in [0.05, 0.1) is 11.9 Å². The highest BCUT2D eigenvalue weighted by Crippen LogP contribution is 2.25. The summed E-state index contributed by atoms with van der Waals surface area (Å²) >= 11 is 1.63. The van der Waals surface area contributed by atoms with Crippen molar-refractivity contribution in [2.45, 2.75) is 18.7 Å². The Morgan fingerprint density at radius 2 is 2.33 bits per heavy atom. The molecule has 1 rings (SSSR count). The second-order valence-corrected chi connectivity index (χ2v) is 3.64. The number of hydrogen-bond acceptors (Lipinski definition) is 3. The topological polar surface area (TPSA) is 38.9 Å². The van der Waals surface area contributed by atoms with Crippen molar-refractivity contribution in [3.05, 3.63) is 29.4 Å². The number of hydrogen-bond donors (Lipinski definition) is 1. The molecular weight excluding hydrogens is 168 g/mol. The summed E-state index contributed by atoms with van der Waals surface area (Å²) in [5, 5.41) is 2.08. The molecular formula is C9H12N2S. The van der Waals surface area contributed by atoms with Crippen LogP contribution in [0, 0.1) is 0 Å². The second kappa shape index (κ2) is 4.16. The van der Waals surface area contributed by atoms with Crippen molar-refractivity contribution in [3.63, 3.8) is 0 Å². The van der Waals surface area contributed by atoms with Crippen LogP contribution in [0.2, 0.25) is 0 Å². The lowest BCUT2D eigenvalue weighted by atomic mass is 10.4. The molecule has 0 atom stereocenters. The van der Waals surface area contributed by atoms with Gasteiger partial charge in [0.1, 0.15) is 0 Å². The van der Waals surface area contributed by atoms with Gasteiger partial charge in [-0.25, -0.2) is 0 Å². The van der Waals surface area contributed by atoms with Crippen LogP contribution < -0.4 is 5.73 Å². The minimum Gasteiger partial charge on any atom is -0.397 e. The predicted molar refractivity (Wildman–Crippen MR) is 53.9 cm³/mol. The fourth-order valence-corrected chi connectivity index (χ4v) is 1.37. The Labute approximate surface area is 76.9 Å². The van der Waals surface area contributed by atoms with Crippen LogP contribution in [-0.2, 0) is 0 Å². The summed E-state index contributed by atoms with van der Waals surface area (Å²) in [6.07, 6.45) is 3.42. The maximum atomic E-state index is 5.69. The lowest BCUT2D eigenvalue weighted by Gasteiger charge is -1.99. The van der Waals surface area contributed by atoms with Gasteiger partial charge in [-0.15, -0.1) is 0 Å². The Morgan fingerprint density at radius 3 is 2.92 bits per heavy atom. The normalized spacial score (nSPS) is 9.50. The van der Waals surface area contributed by atoms with Gasteiger partial charge in [-0.2, -0.15) is 0 Å². The summed E-state index contributed by atoms with van der Waals surface area (Å²) in [5.41, 5.74) is 7.70. The molecule has 0 saturated heterocycles. The molecule has 0 aliphatic heterocycles. The largest absolute Gasteiger partial charge is 0.397 e. The van der Waals surface area contributed by atoms with E-state index in [1.165, 1.54) is 5.57 Å². The average molecular weight is 180 g/mol. The molecule has 0 amide bonds. The van der Waals surface area contributed by atoms with Gasteiger partial charge in [0.25, 0.3) is 0 Å². The summed E-state index contributed by atoms with van der Waals surface area (Å²) in [6, 6.07) is 1.92. The van der Waals surface area contributed by atoms with E-state index in [0.717, 1.165) is 10.6 Å². The van der Waals surface area contributed by atoms with Gasteiger partial charge in [0, 0.05) is 11.1 Å². The van der Waals surface area contributed by atoms with E-state index in [0.29, 0.717) is 0 Å². The van der Waals surface area contributed by atoms with Crippen molar-refractivity contribution < 1.29 is 0 Å². The van der Waals surface area contributed by atoms with Crippen molar-refractivity contribution in [2.75, 3.05) is 5.73 Å². The molecule has 0 aromatic carbocycles. The summed E-state index contributed by atoms with van der Waals surface area (Å²) < 4.78 is 0. The first-order chi connectivity index (χ1) is 5.70. The first-order valence-corrected chi connectivity index (χ1v) is 4.57. The average Bonchev–Trinajstić information content (AvgIpc) is 2.03. The Hall–Kier alpha value is -0.960. The van der Waals surface area contributed by atoms with Crippen LogP contribution >= 0.6 is 11.8 Å². The predicted octanol–water partition coefficient (Wildman–Crippen LogP) is 2.68. The van der Waals surface area contributed by atoms with Crippen molar-refractivity contribution in [3.8, 4) is 0 Å². The van der Waals surface area contributed by atoms with Crippen LogP contribution in [-0.4, -0.2) is 4.98 Å². The number of thioether (sulfide) groups is 1. The summed E-state index contributed by atoms with van der Waals surface area (Å²) in [6.45, 7) is 4.12. The fourth-order valence-electron chi connectivity index (χ4n) is 0.683. The number of pyridine rings is 1. The van der Waals surface area contributed by atoms with Gasteiger partial charge in [-0.1, -0.05) is 17.3 Å². The number of aromatic nitrogens is 1. The van der Waals surface area contributed by atoms with Gasteiger partial charge in [-0.05, 0) is 25.3 Å². The maximum absolute atomic E-state index is 5.69. The molecule has 2 nitrogen and oxygen atoms in total. The highest BCUT2D eigenvalue weighted by Gasteiger charge is 1.95. The molecule has 0 spiro atoms. The van der Waals surface area contributed by atoms with Crippen molar-refractivity contribution in [2.24, 2.45) is 0 Å². The van der Waals surface area contributed by atoms with Gasteiger partial charge in [0.15, 0.2) is 0 Å².